The number of hydrogen-bond donors (Lipinski definition) is 3. The maximum Gasteiger partial charge on any atom is 0.320 e. The molecule has 0 saturated heterocycles. The standard InChI is InChI=1S/C9H17N3O2/c1-6(12-7(2)10)4-3-5-8(11)9(13)14/h3-4,6,8H,5,11H2,1-2H3,(H2,10,12)(H,13,14)/t6?,8-/m1/s1. The number of amidine groups is 1. The van der Waals surface area contributed by atoms with Crippen molar-refractivity contribution in [2.24, 2.45) is 16.5 Å². The van der Waals surface area contributed by atoms with Gasteiger partial charge in [-0.25, -0.2) is 0 Å². The van der Waals surface area contributed by atoms with Crippen LogP contribution < -0.4 is 11.5 Å². The Labute approximate surface area is 83.5 Å². The summed E-state index contributed by atoms with van der Waals surface area (Å²) >= 11 is 0. The van der Waals surface area contributed by atoms with Gasteiger partial charge in [0.15, 0.2) is 0 Å². The maximum atomic E-state index is 10.3. The first-order valence-corrected chi connectivity index (χ1v) is 4.38. The van der Waals surface area contributed by atoms with E-state index >= 15 is 0 Å². The van der Waals surface area contributed by atoms with Crippen molar-refractivity contribution in [3.63, 3.8) is 0 Å². The smallest absolute Gasteiger partial charge is 0.320 e. The predicted octanol–water partition coefficient (Wildman–Crippen LogP) is 0.110. The molecule has 0 radical (unpaired) electrons. The SMILES string of the molecule is CC(N)=NC(C)C=CC[C@@H](N)C(=O)O. The van der Waals surface area contributed by atoms with Crippen LogP contribution in [0.15, 0.2) is 17.1 Å². The van der Waals surface area contributed by atoms with E-state index in [-0.39, 0.29) is 6.04 Å². The topological polar surface area (TPSA) is 102 Å². The lowest BCUT2D eigenvalue weighted by Gasteiger charge is -2.02. The highest BCUT2D eigenvalue weighted by Crippen LogP contribution is 1.96. The van der Waals surface area contributed by atoms with Gasteiger partial charge in [0.05, 0.1) is 11.9 Å². The summed E-state index contributed by atoms with van der Waals surface area (Å²) in [5, 5.41) is 8.49. The average molecular weight is 199 g/mol. The number of hydrogen-bond acceptors (Lipinski definition) is 3. The molecular weight excluding hydrogens is 182 g/mol. The van der Waals surface area contributed by atoms with Crippen molar-refractivity contribution >= 4 is 11.8 Å². The molecule has 14 heavy (non-hydrogen) atoms. The maximum absolute atomic E-state index is 10.3. The van der Waals surface area contributed by atoms with Crippen LogP contribution in [-0.4, -0.2) is 29.0 Å². The monoisotopic (exact) mass is 199 g/mol. The van der Waals surface area contributed by atoms with E-state index in [1.54, 1.807) is 19.1 Å². The molecule has 2 atom stereocenters. The molecule has 1 unspecified atom stereocenters. The quantitative estimate of drug-likeness (QED) is 0.332. The minimum atomic E-state index is -0.999. The van der Waals surface area contributed by atoms with Crippen LogP contribution in [0.25, 0.3) is 0 Å². The summed E-state index contributed by atoms with van der Waals surface area (Å²) in [6, 6.07) is -0.887. The fourth-order valence-electron chi connectivity index (χ4n) is 0.887. The van der Waals surface area contributed by atoms with Gasteiger partial charge < -0.3 is 16.6 Å². The van der Waals surface area contributed by atoms with Crippen molar-refractivity contribution in [1.82, 2.24) is 0 Å². The van der Waals surface area contributed by atoms with Gasteiger partial charge in [-0.15, -0.1) is 0 Å². The zero-order valence-corrected chi connectivity index (χ0v) is 8.47. The molecule has 0 aromatic rings. The van der Waals surface area contributed by atoms with E-state index in [9.17, 15) is 4.79 Å². The second-order valence-corrected chi connectivity index (χ2v) is 3.12. The summed E-state index contributed by atoms with van der Waals surface area (Å²) < 4.78 is 0. The highest BCUT2D eigenvalue weighted by atomic mass is 16.4. The van der Waals surface area contributed by atoms with Crippen LogP contribution in [0.2, 0.25) is 0 Å². The lowest BCUT2D eigenvalue weighted by atomic mass is 10.2. The number of carboxylic acid groups (broad SMARTS) is 1. The molecule has 0 rings (SSSR count). The molecule has 0 bridgehead atoms. The van der Waals surface area contributed by atoms with E-state index in [0.717, 1.165) is 0 Å². The van der Waals surface area contributed by atoms with Gasteiger partial charge in [-0.2, -0.15) is 0 Å². The van der Waals surface area contributed by atoms with Crippen molar-refractivity contribution in [2.75, 3.05) is 0 Å². The van der Waals surface area contributed by atoms with Crippen LogP contribution in [0.5, 0.6) is 0 Å². The van der Waals surface area contributed by atoms with Gasteiger partial charge in [-0.3, -0.25) is 9.79 Å². The molecule has 0 aromatic carbocycles. The first-order valence-electron chi connectivity index (χ1n) is 4.38. The number of rotatable bonds is 5. The van der Waals surface area contributed by atoms with E-state index in [2.05, 4.69) is 4.99 Å². The second kappa shape index (κ2) is 6.15. The Morgan fingerprint density at radius 2 is 2.21 bits per heavy atom. The lowest BCUT2D eigenvalue weighted by Crippen LogP contribution is -2.29. The normalized spacial score (nSPS) is 16.9. The van der Waals surface area contributed by atoms with E-state index in [0.29, 0.717) is 12.3 Å². The third kappa shape index (κ3) is 6.19. The second-order valence-electron chi connectivity index (χ2n) is 3.12. The van der Waals surface area contributed by atoms with Crippen LogP contribution in [0.4, 0.5) is 0 Å². The molecule has 0 fully saturated rings. The van der Waals surface area contributed by atoms with E-state index in [1.165, 1.54) is 0 Å². The minimum absolute atomic E-state index is 0.0407. The van der Waals surface area contributed by atoms with Crippen LogP contribution in [0, 0.1) is 0 Å². The van der Waals surface area contributed by atoms with Gasteiger partial charge in [0, 0.05) is 0 Å². The Kier molecular flexibility index (Phi) is 5.55. The molecule has 0 heterocycles. The van der Waals surface area contributed by atoms with Crippen molar-refractivity contribution < 1.29 is 9.90 Å². The Hall–Kier alpha value is -1.36. The first-order chi connectivity index (χ1) is 6.43. The number of nitrogens with two attached hydrogens (primary N) is 2. The van der Waals surface area contributed by atoms with Gasteiger partial charge in [-0.1, -0.05) is 12.2 Å². The molecule has 5 N–H and O–H groups in total. The number of nitrogens with zero attached hydrogens (tertiary/aromatic N) is 1. The molecule has 5 heteroatoms. The Balaban J connectivity index is 3.95. The zero-order valence-electron chi connectivity index (χ0n) is 8.47. The number of aliphatic imine (C=N–C) groups is 1. The van der Waals surface area contributed by atoms with Gasteiger partial charge in [0.25, 0.3) is 0 Å². The lowest BCUT2D eigenvalue weighted by molar-refractivity contribution is -0.138. The molecular formula is C9H17N3O2. The summed E-state index contributed by atoms with van der Waals surface area (Å²) in [6.45, 7) is 3.56. The van der Waals surface area contributed by atoms with Gasteiger partial charge in [-0.05, 0) is 20.3 Å². The molecule has 80 valence electrons. The molecule has 0 spiro atoms. The van der Waals surface area contributed by atoms with Gasteiger partial charge in [0.1, 0.15) is 6.04 Å². The van der Waals surface area contributed by atoms with Gasteiger partial charge >= 0.3 is 5.97 Å². The number of carbonyl (C=O) groups is 1. The largest absolute Gasteiger partial charge is 0.480 e. The third-order valence-corrected chi connectivity index (χ3v) is 1.53. The van der Waals surface area contributed by atoms with Crippen LogP contribution in [-0.2, 0) is 4.79 Å². The van der Waals surface area contributed by atoms with Crippen LogP contribution >= 0.6 is 0 Å². The molecule has 0 aliphatic carbocycles. The molecule has 0 aromatic heterocycles. The molecule has 0 aliphatic heterocycles. The zero-order chi connectivity index (χ0) is 11.1. The summed E-state index contributed by atoms with van der Waals surface area (Å²) in [5.41, 5.74) is 10.7. The summed E-state index contributed by atoms with van der Waals surface area (Å²) in [4.78, 5) is 14.4. The fraction of sp³-hybridized carbons (Fsp3) is 0.556. The summed E-state index contributed by atoms with van der Waals surface area (Å²) in [7, 11) is 0. The summed E-state index contributed by atoms with van der Waals surface area (Å²) in [6.07, 6.45) is 3.79. The van der Waals surface area contributed by atoms with Crippen molar-refractivity contribution in [2.45, 2.75) is 32.4 Å². The molecule has 0 saturated carbocycles. The number of carboxylic acids is 1. The van der Waals surface area contributed by atoms with E-state index in [4.69, 9.17) is 16.6 Å². The van der Waals surface area contributed by atoms with Crippen molar-refractivity contribution in [3.05, 3.63) is 12.2 Å². The Morgan fingerprint density at radius 3 is 2.64 bits per heavy atom. The Bertz CT molecular complexity index is 244. The molecule has 0 amide bonds. The third-order valence-electron chi connectivity index (χ3n) is 1.53. The highest BCUT2D eigenvalue weighted by Gasteiger charge is 2.08. The summed E-state index contributed by atoms with van der Waals surface area (Å²) in [5.74, 6) is -0.495. The molecule has 5 nitrogen and oxygen atoms in total. The van der Waals surface area contributed by atoms with Crippen LogP contribution in [0.1, 0.15) is 20.3 Å². The Morgan fingerprint density at radius 1 is 1.64 bits per heavy atom. The van der Waals surface area contributed by atoms with E-state index in [1.807, 2.05) is 6.92 Å². The first kappa shape index (κ1) is 12.6. The van der Waals surface area contributed by atoms with Crippen LogP contribution in [0.3, 0.4) is 0 Å². The average Bonchev–Trinajstić information content (AvgIpc) is 2.02. The highest BCUT2D eigenvalue weighted by molar-refractivity contribution is 5.77. The molecule has 0 aliphatic rings. The van der Waals surface area contributed by atoms with Gasteiger partial charge in [0.2, 0.25) is 0 Å². The fourth-order valence-corrected chi connectivity index (χ4v) is 0.887. The minimum Gasteiger partial charge on any atom is -0.480 e. The van der Waals surface area contributed by atoms with Crippen molar-refractivity contribution in [1.29, 1.82) is 0 Å². The number of aliphatic carboxylic acids is 1. The van der Waals surface area contributed by atoms with Crippen molar-refractivity contribution in [3.8, 4) is 0 Å². The predicted molar refractivity (Wildman–Crippen MR) is 56.1 cm³/mol. The van der Waals surface area contributed by atoms with E-state index < -0.39 is 12.0 Å².